The van der Waals surface area contributed by atoms with Crippen molar-refractivity contribution >= 4 is 6.09 Å². The predicted octanol–water partition coefficient (Wildman–Crippen LogP) is 2.51. The van der Waals surface area contributed by atoms with Gasteiger partial charge in [-0.25, -0.2) is 4.79 Å². The van der Waals surface area contributed by atoms with Gasteiger partial charge in [-0.2, -0.15) is 0 Å². The van der Waals surface area contributed by atoms with E-state index in [1.165, 1.54) is 6.42 Å². The summed E-state index contributed by atoms with van der Waals surface area (Å²) in [5, 5.41) is 0. The van der Waals surface area contributed by atoms with Crippen molar-refractivity contribution in [2.24, 2.45) is 11.8 Å². The van der Waals surface area contributed by atoms with E-state index >= 15 is 0 Å². The molecule has 0 spiro atoms. The number of rotatable bonds is 2. The van der Waals surface area contributed by atoms with E-state index in [1.54, 1.807) is 11.9 Å². The molecule has 1 amide bonds. The van der Waals surface area contributed by atoms with E-state index in [1.807, 2.05) is 20.8 Å². The lowest BCUT2D eigenvalue weighted by Crippen LogP contribution is -2.35. The Labute approximate surface area is 86.4 Å². The highest BCUT2D eigenvalue weighted by Gasteiger charge is 2.34. The molecule has 0 saturated heterocycles. The van der Waals surface area contributed by atoms with Crippen LogP contribution >= 0.6 is 0 Å². The summed E-state index contributed by atoms with van der Waals surface area (Å²) >= 11 is 0. The maximum Gasteiger partial charge on any atom is 0.410 e. The van der Waals surface area contributed by atoms with Crippen molar-refractivity contribution in [1.82, 2.24) is 4.90 Å². The average Bonchev–Trinajstić information content (AvgIpc) is 2.62. The van der Waals surface area contributed by atoms with Crippen LogP contribution in [0.4, 0.5) is 4.79 Å². The summed E-state index contributed by atoms with van der Waals surface area (Å²) in [6, 6.07) is 0. The van der Waals surface area contributed by atoms with Crippen LogP contribution in [0.25, 0.3) is 0 Å². The molecule has 0 radical (unpaired) electrons. The summed E-state index contributed by atoms with van der Waals surface area (Å²) in [6.45, 7) is 8.71. The van der Waals surface area contributed by atoms with Gasteiger partial charge in [0.05, 0.1) is 0 Å². The summed E-state index contributed by atoms with van der Waals surface area (Å²) < 4.78 is 5.25. The fraction of sp³-hybridized carbons (Fsp3) is 0.909. The van der Waals surface area contributed by atoms with Crippen molar-refractivity contribution in [3.8, 4) is 0 Å². The molecule has 0 bridgehead atoms. The van der Waals surface area contributed by atoms with Crippen molar-refractivity contribution in [2.45, 2.75) is 39.7 Å². The SMILES string of the molecule is C[C@@H]1C[C@@H]1CN(C)C(=O)OC(C)(C)C. The molecule has 0 heterocycles. The topological polar surface area (TPSA) is 29.5 Å². The Morgan fingerprint density at radius 1 is 1.50 bits per heavy atom. The molecule has 2 atom stereocenters. The first-order chi connectivity index (χ1) is 6.29. The van der Waals surface area contributed by atoms with Gasteiger partial charge in [0.2, 0.25) is 0 Å². The standard InChI is InChI=1S/C11H21NO2/c1-8-6-9(8)7-12(5)10(13)14-11(2,3)4/h8-9H,6-7H2,1-5H3/t8-,9-/m1/s1. The third kappa shape index (κ3) is 3.56. The van der Waals surface area contributed by atoms with E-state index in [0.717, 1.165) is 12.5 Å². The zero-order chi connectivity index (χ0) is 10.9. The lowest BCUT2D eigenvalue weighted by Gasteiger charge is -2.24. The quantitative estimate of drug-likeness (QED) is 0.684. The number of hydrogen-bond acceptors (Lipinski definition) is 2. The van der Waals surface area contributed by atoms with Gasteiger partial charge < -0.3 is 9.64 Å². The van der Waals surface area contributed by atoms with Gasteiger partial charge in [0.1, 0.15) is 5.60 Å². The van der Waals surface area contributed by atoms with E-state index in [9.17, 15) is 4.79 Å². The summed E-state index contributed by atoms with van der Waals surface area (Å²) in [5.74, 6) is 1.47. The summed E-state index contributed by atoms with van der Waals surface area (Å²) in [5.41, 5.74) is -0.388. The molecule has 0 N–H and O–H groups in total. The normalized spacial score (nSPS) is 25.8. The van der Waals surface area contributed by atoms with Crippen LogP contribution < -0.4 is 0 Å². The number of hydrogen-bond donors (Lipinski definition) is 0. The second-order valence-corrected chi connectivity index (χ2v) is 5.33. The molecule has 0 aromatic heterocycles. The smallest absolute Gasteiger partial charge is 0.410 e. The second-order valence-electron chi connectivity index (χ2n) is 5.33. The van der Waals surface area contributed by atoms with Crippen LogP contribution in [0, 0.1) is 11.8 Å². The van der Waals surface area contributed by atoms with Gasteiger partial charge in [0.15, 0.2) is 0 Å². The number of carbonyl (C=O) groups is 1. The molecule has 0 aliphatic heterocycles. The summed E-state index contributed by atoms with van der Waals surface area (Å²) in [7, 11) is 1.80. The minimum atomic E-state index is -0.388. The maximum atomic E-state index is 11.5. The highest BCUT2D eigenvalue weighted by molar-refractivity contribution is 5.67. The Morgan fingerprint density at radius 2 is 2.00 bits per heavy atom. The lowest BCUT2D eigenvalue weighted by molar-refractivity contribution is 0.0289. The van der Waals surface area contributed by atoms with Gasteiger partial charge >= 0.3 is 6.09 Å². The van der Waals surface area contributed by atoms with Crippen molar-refractivity contribution in [3.63, 3.8) is 0 Å². The van der Waals surface area contributed by atoms with Crippen LogP contribution in [0.1, 0.15) is 34.1 Å². The van der Waals surface area contributed by atoms with Gasteiger partial charge in [0, 0.05) is 13.6 Å². The van der Waals surface area contributed by atoms with E-state index < -0.39 is 0 Å². The molecular formula is C11H21NO2. The Kier molecular flexibility index (Phi) is 3.07. The molecule has 0 unspecified atom stereocenters. The second kappa shape index (κ2) is 3.79. The van der Waals surface area contributed by atoms with E-state index in [-0.39, 0.29) is 11.7 Å². The third-order valence-corrected chi connectivity index (χ3v) is 2.49. The minimum Gasteiger partial charge on any atom is -0.444 e. The lowest BCUT2D eigenvalue weighted by atomic mass is 10.2. The Morgan fingerprint density at radius 3 is 2.36 bits per heavy atom. The van der Waals surface area contributed by atoms with Crippen LogP contribution in [0.15, 0.2) is 0 Å². The monoisotopic (exact) mass is 199 g/mol. The van der Waals surface area contributed by atoms with E-state index in [0.29, 0.717) is 5.92 Å². The molecule has 3 heteroatoms. The molecular weight excluding hydrogens is 178 g/mol. The van der Waals surface area contributed by atoms with Crippen LogP contribution in [0.3, 0.4) is 0 Å². The van der Waals surface area contributed by atoms with Crippen LogP contribution in [0.2, 0.25) is 0 Å². The zero-order valence-corrected chi connectivity index (χ0v) is 9.83. The number of amides is 1. The Bertz CT molecular complexity index is 220. The van der Waals surface area contributed by atoms with Gasteiger partial charge in [0.25, 0.3) is 0 Å². The molecule has 1 fully saturated rings. The van der Waals surface area contributed by atoms with Crippen molar-refractivity contribution in [2.75, 3.05) is 13.6 Å². The first-order valence-electron chi connectivity index (χ1n) is 5.23. The molecule has 1 aliphatic rings. The van der Waals surface area contributed by atoms with Gasteiger partial charge in [-0.05, 0) is 39.0 Å². The van der Waals surface area contributed by atoms with Crippen LogP contribution in [0.5, 0.6) is 0 Å². The maximum absolute atomic E-state index is 11.5. The fourth-order valence-corrected chi connectivity index (χ4v) is 1.42. The predicted molar refractivity (Wildman–Crippen MR) is 56.1 cm³/mol. The number of carbonyl (C=O) groups excluding carboxylic acids is 1. The summed E-state index contributed by atoms with van der Waals surface area (Å²) in [4.78, 5) is 13.2. The van der Waals surface area contributed by atoms with Gasteiger partial charge in [-0.15, -0.1) is 0 Å². The molecule has 1 saturated carbocycles. The Hall–Kier alpha value is -0.730. The largest absolute Gasteiger partial charge is 0.444 e. The van der Waals surface area contributed by atoms with E-state index in [4.69, 9.17) is 4.74 Å². The molecule has 14 heavy (non-hydrogen) atoms. The highest BCUT2D eigenvalue weighted by atomic mass is 16.6. The summed E-state index contributed by atoms with van der Waals surface area (Å²) in [6.07, 6.45) is 1.03. The fourth-order valence-electron chi connectivity index (χ4n) is 1.42. The van der Waals surface area contributed by atoms with Crippen molar-refractivity contribution in [1.29, 1.82) is 0 Å². The zero-order valence-electron chi connectivity index (χ0n) is 9.83. The van der Waals surface area contributed by atoms with E-state index in [2.05, 4.69) is 6.92 Å². The molecule has 3 nitrogen and oxygen atoms in total. The van der Waals surface area contributed by atoms with Crippen molar-refractivity contribution in [3.05, 3.63) is 0 Å². The molecule has 0 aromatic carbocycles. The highest BCUT2D eigenvalue weighted by Crippen LogP contribution is 2.38. The number of nitrogens with zero attached hydrogens (tertiary/aromatic N) is 1. The minimum absolute atomic E-state index is 0.211. The molecule has 0 aromatic rings. The average molecular weight is 199 g/mol. The molecule has 82 valence electrons. The van der Waals surface area contributed by atoms with Crippen molar-refractivity contribution < 1.29 is 9.53 Å². The molecule has 1 aliphatic carbocycles. The number of ether oxygens (including phenoxy) is 1. The third-order valence-electron chi connectivity index (χ3n) is 2.49. The van der Waals surface area contributed by atoms with Gasteiger partial charge in [-0.3, -0.25) is 0 Å². The molecule has 1 rings (SSSR count). The van der Waals surface area contributed by atoms with Crippen LogP contribution in [-0.2, 0) is 4.74 Å². The first kappa shape index (κ1) is 11.3. The Balaban J connectivity index is 2.29. The van der Waals surface area contributed by atoms with Gasteiger partial charge in [-0.1, -0.05) is 6.92 Å². The first-order valence-corrected chi connectivity index (χ1v) is 5.23. The van der Waals surface area contributed by atoms with Crippen LogP contribution in [-0.4, -0.2) is 30.2 Å².